The van der Waals surface area contributed by atoms with Gasteiger partial charge in [-0.05, 0) is 13.0 Å². The van der Waals surface area contributed by atoms with Crippen molar-refractivity contribution in [2.24, 2.45) is 5.73 Å². The summed E-state index contributed by atoms with van der Waals surface area (Å²) in [5, 5.41) is 0. The van der Waals surface area contributed by atoms with Crippen LogP contribution in [-0.4, -0.2) is 33.8 Å². The number of unbranched alkanes of at least 4 members (excludes halogenated alkanes) is 5. The molecular weight excluding hydrogens is 444 g/mol. The maximum absolute atomic E-state index is 5.34. The van der Waals surface area contributed by atoms with Crippen LogP contribution in [0, 0.1) is 0 Å². The number of halogens is 1. The molecule has 0 aliphatic carbocycles. The van der Waals surface area contributed by atoms with Crippen LogP contribution in [0.25, 0.3) is 0 Å². The Labute approximate surface area is 108 Å². The van der Waals surface area contributed by atoms with Gasteiger partial charge in [0.05, 0.1) is 0 Å². The fourth-order valence-corrected chi connectivity index (χ4v) is 0.925. The second-order valence-electron chi connectivity index (χ2n) is 2.56. The zero-order valence-electron chi connectivity index (χ0n) is 7.44. The van der Waals surface area contributed by atoms with Crippen LogP contribution < -0.4 is 5.73 Å². The van der Waals surface area contributed by atoms with Crippen LogP contribution in [0.3, 0.4) is 0 Å². The maximum Gasteiger partial charge on any atom is 0 e. The van der Waals surface area contributed by atoms with Crippen LogP contribution in [0.15, 0.2) is 0 Å². The van der Waals surface area contributed by atoms with Crippen molar-refractivity contribution in [3.63, 3.8) is 0 Å². The second kappa shape index (κ2) is 17.6. The van der Waals surface area contributed by atoms with E-state index < -0.39 is 0 Å². The van der Waals surface area contributed by atoms with Gasteiger partial charge in [-0.1, -0.05) is 39.0 Å². The molecule has 11 heavy (non-hydrogen) atoms. The monoisotopic (exact) mass is 465 g/mol. The van der Waals surface area contributed by atoms with Gasteiger partial charge in [0.25, 0.3) is 0 Å². The number of hydrogen-bond acceptors (Lipinski definition) is 1. The summed E-state index contributed by atoms with van der Waals surface area (Å²) in [5.74, 6) is 0. The van der Waals surface area contributed by atoms with Crippen LogP contribution in [0.5, 0.6) is 0 Å². The summed E-state index contributed by atoms with van der Waals surface area (Å²) in [4.78, 5) is 0. The first kappa shape index (κ1) is 18.4. The second-order valence-corrected chi connectivity index (χ2v) is 2.56. The van der Waals surface area contributed by atoms with E-state index in [1.807, 2.05) is 0 Å². The van der Waals surface area contributed by atoms with Crippen LogP contribution in [-0.2, 0) is 0 Å². The summed E-state index contributed by atoms with van der Waals surface area (Å²) >= 11 is 0. The predicted molar refractivity (Wildman–Crippen MR) is 63.6 cm³/mol. The van der Waals surface area contributed by atoms with E-state index in [9.17, 15) is 0 Å². The Kier molecular flexibility index (Phi) is 29.5. The van der Waals surface area contributed by atoms with Gasteiger partial charge in [-0.15, -0.1) is 24.0 Å². The van der Waals surface area contributed by atoms with Gasteiger partial charge in [-0.25, -0.2) is 0 Å². The fourth-order valence-electron chi connectivity index (χ4n) is 0.925. The summed E-state index contributed by atoms with van der Waals surface area (Å²) in [6, 6.07) is 0. The Balaban J connectivity index is -0.000000320. The van der Waals surface area contributed by atoms with Crippen LogP contribution in [0.2, 0.25) is 0 Å². The molecule has 0 aromatic rings. The summed E-state index contributed by atoms with van der Waals surface area (Å²) in [6.45, 7) is 3.11. The molecule has 68 valence electrons. The first-order chi connectivity index (χ1) is 4.41. The third kappa shape index (κ3) is 18.5. The van der Waals surface area contributed by atoms with Gasteiger partial charge in [0.2, 0.25) is 0 Å². The van der Waals surface area contributed by atoms with Crippen molar-refractivity contribution in [1.82, 2.24) is 0 Å². The van der Waals surface area contributed by atoms with Crippen LogP contribution >= 0.6 is 24.0 Å². The Bertz CT molecular complexity index is 47.4. The molecule has 0 spiro atoms. The molecule has 0 rings (SSSR count). The van der Waals surface area contributed by atoms with Gasteiger partial charge in [0.1, 0.15) is 0 Å². The molecule has 0 aliphatic rings. The molecule has 0 aliphatic heterocycles. The molecule has 0 unspecified atom stereocenters. The quantitative estimate of drug-likeness (QED) is 0.365. The molecular formula is C8H20INPb. The van der Waals surface area contributed by atoms with E-state index in [1.54, 1.807) is 0 Å². The molecule has 0 aromatic heterocycles. The maximum atomic E-state index is 5.34. The predicted octanol–water partition coefficient (Wildman–Crippen LogP) is 2.54. The number of nitrogens with two attached hydrogens (primary N) is 1. The third-order valence-corrected chi connectivity index (χ3v) is 1.56. The molecule has 3 heteroatoms. The summed E-state index contributed by atoms with van der Waals surface area (Å²) < 4.78 is 0. The molecule has 0 atom stereocenters. The summed E-state index contributed by atoms with van der Waals surface area (Å²) in [6.07, 6.45) is 8.05. The minimum Gasteiger partial charge on any atom is -0.330 e. The zero-order valence-corrected chi connectivity index (χ0v) is 13.7. The minimum absolute atomic E-state index is 0. The summed E-state index contributed by atoms with van der Waals surface area (Å²) in [7, 11) is 0. The van der Waals surface area contributed by atoms with Crippen molar-refractivity contribution in [2.75, 3.05) is 6.54 Å². The number of rotatable bonds is 6. The van der Waals surface area contributed by atoms with E-state index in [0.717, 1.165) is 6.54 Å². The van der Waals surface area contributed by atoms with Gasteiger partial charge in [0.15, 0.2) is 0 Å². The first-order valence-corrected chi connectivity index (χ1v) is 4.12. The Morgan fingerprint density at radius 3 is 1.82 bits per heavy atom. The molecule has 0 saturated carbocycles. The van der Waals surface area contributed by atoms with Crippen molar-refractivity contribution in [1.29, 1.82) is 0 Å². The molecule has 4 radical (unpaired) electrons. The van der Waals surface area contributed by atoms with Crippen molar-refractivity contribution in [2.45, 2.75) is 45.4 Å². The Morgan fingerprint density at radius 2 is 1.36 bits per heavy atom. The van der Waals surface area contributed by atoms with Crippen molar-refractivity contribution in [3.8, 4) is 0 Å². The van der Waals surface area contributed by atoms with Gasteiger partial charge in [0, 0.05) is 27.3 Å². The van der Waals surface area contributed by atoms with Gasteiger partial charge in [-0.2, -0.15) is 0 Å². The van der Waals surface area contributed by atoms with Crippen molar-refractivity contribution < 1.29 is 0 Å². The number of hydrogen-bond donors (Lipinski definition) is 1. The van der Waals surface area contributed by atoms with E-state index >= 15 is 0 Å². The first-order valence-electron chi connectivity index (χ1n) is 4.12. The Hall–Kier alpha value is 1.61. The molecule has 1 nitrogen and oxygen atoms in total. The zero-order chi connectivity index (χ0) is 6.95. The van der Waals surface area contributed by atoms with Crippen LogP contribution in [0.1, 0.15) is 45.4 Å². The molecule has 0 fully saturated rings. The van der Waals surface area contributed by atoms with E-state index in [0.29, 0.717) is 0 Å². The standard InChI is InChI=1S/C8H19N.HI.Pb/c1-2-3-4-5-6-7-8-9;;/h2-9H2,1H3;1H;. The SMILES string of the molecule is CCCCCCCCN.I.[Pb]. The molecule has 0 amide bonds. The van der Waals surface area contributed by atoms with Gasteiger partial charge in [-0.3, -0.25) is 0 Å². The molecule has 0 saturated heterocycles. The molecule has 0 bridgehead atoms. The smallest absolute Gasteiger partial charge is 0 e. The van der Waals surface area contributed by atoms with Crippen LogP contribution in [0.4, 0.5) is 0 Å². The van der Waals surface area contributed by atoms with E-state index in [2.05, 4.69) is 6.92 Å². The normalized spacial score (nSPS) is 8.18. The van der Waals surface area contributed by atoms with E-state index in [4.69, 9.17) is 5.73 Å². The average molecular weight is 464 g/mol. The average Bonchev–Trinajstić information content (AvgIpc) is 1.89. The minimum atomic E-state index is 0. The largest absolute Gasteiger partial charge is 0.330 e. The van der Waals surface area contributed by atoms with E-state index in [-0.39, 0.29) is 51.3 Å². The van der Waals surface area contributed by atoms with Crippen molar-refractivity contribution >= 4 is 51.3 Å². The molecule has 2 N–H and O–H groups in total. The third-order valence-electron chi connectivity index (χ3n) is 1.56. The van der Waals surface area contributed by atoms with Gasteiger partial charge >= 0.3 is 0 Å². The topological polar surface area (TPSA) is 26.0 Å². The van der Waals surface area contributed by atoms with Gasteiger partial charge < -0.3 is 5.73 Å². The van der Waals surface area contributed by atoms with Crippen molar-refractivity contribution in [3.05, 3.63) is 0 Å². The molecule has 0 heterocycles. The Morgan fingerprint density at radius 1 is 0.909 bits per heavy atom. The van der Waals surface area contributed by atoms with E-state index in [1.165, 1.54) is 38.5 Å². The fraction of sp³-hybridized carbons (Fsp3) is 1.00. The summed E-state index contributed by atoms with van der Waals surface area (Å²) in [5.41, 5.74) is 5.34. The molecule has 0 aromatic carbocycles.